The van der Waals surface area contributed by atoms with E-state index >= 15 is 0 Å². The highest BCUT2D eigenvalue weighted by atomic mass is 32.2. The summed E-state index contributed by atoms with van der Waals surface area (Å²) in [5.74, 6) is -0.368. The minimum atomic E-state index is -4.15. The van der Waals surface area contributed by atoms with Crippen molar-refractivity contribution in [2.45, 2.75) is 24.7 Å². The SMILES string of the molecule is Cc1cccn2c(=O)c(C=C(C#N)S(=O)(=O)c3ccccc3)c(N3CCC(C(N)=O)CC3)nc12. The Balaban J connectivity index is 1.92. The lowest BCUT2D eigenvalue weighted by Crippen LogP contribution is -2.40. The van der Waals surface area contributed by atoms with Crippen LogP contribution < -0.4 is 16.2 Å². The fourth-order valence-electron chi connectivity index (χ4n) is 4.07. The lowest BCUT2D eigenvalue weighted by atomic mass is 9.96. The van der Waals surface area contributed by atoms with Crippen molar-refractivity contribution >= 4 is 33.3 Å². The van der Waals surface area contributed by atoms with Crippen LogP contribution in [0.2, 0.25) is 0 Å². The van der Waals surface area contributed by atoms with E-state index in [1.807, 2.05) is 17.9 Å². The van der Waals surface area contributed by atoms with E-state index in [4.69, 9.17) is 10.7 Å². The van der Waals surface area contributed by atoms with Crippen molar-refractivity contribution in [1.82, 2.24) is 9.38 Å². The van der Waals surface area contributed by atoms with Gasteiger partial charge in [-0.1, -0.05) is 24.3 Å². The van der Waals surface area contributed by atoms with Gasteiger partial charge in [-0.15, -0.1) is 0 Å². The number of aromatic nitrogens is 2. The topological polar surface area (TPSA) is 139 Å². The van der Waals surface area contributed by atoms with Gasteiger partial charge in [0.1, 0.15) is 22.4 Å². The number of nitriles is 1. The summed E-state index contributed by atoms with van der Waals surface area (Å²) >= 11 is 0. The molecule has 1 aromatic carbocycles. The molecule has 4 rings (SSSR count). The fourth-order valence-corrected chi connectivity index (χ4v) is 5.23. The number of fused-ring (bicyclic) bond motifs is 1. The zero-order chi connectivity index (χ0) is 24.5. The Hall–Kier alpha value is -3.97. The van der Waals surface area contributed by atoms with Crippen LogP contribution in [0.5, 0.6) is 0 Å². The number of pyridine rings is 1. The van der Waals surface area contributed by atoms with Crippen LogP contribution in [0.1, 0.15) is 24.0 Å². The quantitative estimate of drug-likeness (QED) is 0.555. The number of aryl methyl sites for hydroxylation is 1. The van der Waals surface area contributed by atoms with E-state index in [0.29, 0.717) is 31.6 Å². The van der Waals surface area contributed by atoms with E-state index in [0.717, 1.165) is 11.6 Å². The third-order valence-corrected chi connectivity index (χ3v) is 7.67. The average molecular weight is 478 g/mol. The molecule has 3 aromatic rings. The van der Waals surface area contributed by atoms with E-state index in [2.05, 4.69) is 0 Å². The van der Waals surface area contributed by atoms with Crippen LogP contribution in [0, 0.1) is 24.2 Å². The predicted molar refractivity (Wildman–Crippen MR) is 128 cm³/mol. The molecule has 0 aliphatic carbocycles. The maximum atomic E-state index is 13.5. The lowest BCUT2D eigenvalue weighted by Gasteiger charge is -2.32. The predicted octanol–water partition coefficient (Wildman–Crippen LogP) is 2.04. The molecule has 0 spiro atoms. The number of nitrogens with zero attached hydrogens (tertiary/aromatic N) is 4. The van der Waals surface area contributed by atoms with Gasteiger partial charge in [0.2, 0.25) is 15.7 Å². The number of amides is 1. The summed E-state index contributed by atoms with van der Waals surface area (Å²) in [7, 11) is -4.15. The number of hydrogen-bond donors (Lipinski definition) is 1. The summed E-state index contributed by atoms with van der Waals surface area (Å²) < 4.78 is 27.6. The lowest BCUT2D eigenvalue weighted by molar-refractivity contribution is -0.122. The standard InChI is InChI=1S/C24H23N5O4S/c1-16-6-5-11-29-22(16)27-23(28-12-9-17(10-13-28)21(26)30)20(24(29)31)14-19(15-25)34(32,33)18-7-3-2-4-8-18/h2-8,11,14,17H,9-10,12-13H2,1H3,(H2,26,30). The molecule has 10 heteroatoms. The van der Waals surface area contributed by atoms with Gasteiger partial charge in [-0.3, -0.25) is 14.0 Å². The van der Waals surface area contributed by atoms with E-state index in [-0.39, 0.29) is 28.1 Å². The smallest absolute Gasteiger partial charge is 0.267 e. The number of hydrogen-bond acceptors (Lipinski definition) is 7. The molecule has 174 valence electrons. The number of benzene rings is 1. The summed E-state index contributed by atoms with van der Waals surface area (Å²) in [6, 6.07) is 12.8. The number of piperidine rings is 1. The summed E-state index contributed by atoms with van der Waals surface area (Å²) in [5, 5.41) is 9.74. The second kappa shape index (κ2) is 9.11. The molecule has 1 aliphatic rings. The Morgan fingerprint density at radius 3 is 2.47 bits per heavy atom. The molecular formula is C24H23N5O4S. The molecule has 1 fully saturated rings. The van der Waals surface area contributed by atoms with Gasteiger partial charge in [0.05, 0.1) is 10.5 Å². The summed E-state index contributed by atoms with van der Waals surface area (Å²) in [4.78, 5) is 31.0. The first-order valence-electron chi connectivity index (χ1n) is 10.7. The third kappa shape index (κ3) is 4.18. The highest BCUT2D eigenvalue weighted by molar-refractivity contribution is 7.95. The first-order valence-corrected chi connectivity index (χ1v) is 12.2. The van der Waals surface area contributed by atoms with E-state index in [1.54, 1.807) is 36.5 Å². The Bertz CT molecular complexity index is 1500. The molecule has 3 heterocycles. The van der Waals surface area contributed by atoms with Gasteiger partial charge in [0, 0.05) is 25.2 Å². The highest BCUT2D eigenvalue weighted by Crippen LogP contribution is 2.28. The highest BCUT2D eigenvalue weighted by Gasteiger charge is 2.28. The van der Waals surface area contributed by atoms with Crippen LogP contribution in [0.25, 0.3) is 11.7 Å². The molecule has 0 saturated carbocycles. The normalized spacial score (nSPS) is 15.3. The second-order valence-electron chi connectivity index (χ2n) is 8.14. The number of carbonyl (C=O) groups excluding carboxylic acids is 1. The summed E-state index contributed by atoms with van der Waals surface area (Å²) in [6.45, 7) is 2.65. The van der Waals surface area contributed by atoms with Crippen LogP contribution in [-0.2, 0) is 14.6 Å². The summed E-state index contributed by atoms with van der Waals surface area (Å²) in [5.41, 5.74) is 6.15. The van der Waals surface area contributed by atoms with Gasteiger partial charge in [-0.05, 0) is 49.6 Å². The monoisotopic (exact) mass is 477 g/mol. The third-order valence-electron chi connectivity index (χ3n) is 5.99. The number of anilines is 1. The van der Waals surface area contributed by atoms with Crippen molar-refractivity contribution in [3.8, 4) is 6.07 Å². The van der Waals surface area contributed by atoms with Gasteiger partial charge >= 0.3 is 0 Å². The number of allylic oxidation sites excluding steroid dienone is 1. The average Bonchev–Trinajstić information content (AvgIpc) is 2.84. The minimum Gasteiger partial charge on any atom is -0.369 e. The molecule has 34 heavy (non-hydrogen) atoms. The molecule has 0 unspecified atom stereocenters. The molecule has 0 atom stereocenters. The zero-order valence-electron chi connectivity index (χ0n) is 18.5. The Morgan fingerprint density at radius 2 is 1.85 bits per heavy atom. The van der Waals surface area contributed by atoms with Gasteiger partial charge < -0.3 is 10.6 Å². The van der Waals surface area contributed by atoms with Gasteiger partial charge in [0.25, 0.3) is 5.56 Å². The molecule has 1 aliphatic heterocycles. The Morgan fingerprint density at radius 1 is 1.18 bits per heavy atom. The van der Waals surface area contributed by atoms with E-state index < -0.39 is 20.3 Å². The van der Waals surface area contributed by atoms with Crippen LogP contribution in [0.4, 0.5) is 5.82 Å². The molecule has 2 N–H and O–H groups in total. The van der Waals surface area contributed by atoms with Crippen LogP contribution >= 0.6 is 0 Å². The minimum absolute atomic E-state index is 0.00307. The zero-order valence-corrected chi connectivity index (χ0v) is 19.3. The van der Waals surface area contributed by atoms with Gasteiger partial charge in [-0.2, -0.15) is 5.26 Å². The molecule has 2 aromatic heterocycles. The first kappa shape index (κ1) is 23.2. The van der Waals surface area contributed by atoms with Crippen LogP contribution in [0.3, 0.4) is 0 Å². The van der Waals surface area contributed by atoms with Crippen molar-refractivity contribution in [3.63, 3.8) is 0 Å². The van der Waals surface area contributed by atoms with Gasteiger partial charge in [0.15, 0.2) is 0 Å². The first-order chi connectivity index (χ1) is 16.2. The van der Waals surface area contributed by atoms with E-state index in [1.165, 1.54) is 16.5 Å². The molecule has 0 radical (unpaired) electrons. The maximum absolute atomic E-state index is 13.5. The Labute approximate surface area is 196 Å². The largest absolute Gasteiger partial charge is 0.369 e. The molecule has 0 bridgehead atoms. The summed E-state index contributed by atoms with van der Waals surface area (Å²) in [6.07, 6.45) is 3.62. The van der Waals surface area contributed by atoms with Crippen molar-refractivity contribution in [1.29, 1.82) is 5.26 Å². The fraction of sp³-hybridized carbons (Fsp3) is 0.250. The van der Waals surface area contributed by atoms with Crippen molar-refractivity contribution in [2.75, 3.05) is 18.0 Å². The van der Waals surface area contributed by atoms with E-state index in [9.17, 15) is 23.3 Å². The molecule has 1 amide bonds. The second-order valence-corrected chi connectivity index (χ2v) is 10.1. The van der Waals surface area contributed by atoms with Crippen LogP contribution in [-0.4, -0.2) is 36.8 Å². The number of rotatable bonds is 5. The molecular weight excluding hydrogens is 454 g/mol. The maximum Gasteiger partial charge on any atom is 0.267 e. The molecule has 9 nitrogen and oxygen atoms in total. The number of nitrogens with two attached hydrogens (primary N) is 1. The Kier molecular flexibility index (Phi) is 6.22. The van der Waals surface area contributed by atoms with Crippen molar-refractivity contribution in [2.24, 2.45) is 11.7 Å². The molecule has 1 saturated heterocycles. The number of primary amides is 1. The number of carbonyl (C=O) groups is 1. The van der Waals surface area contributed by atoms with Crippen LogP contribution in [0.15, 0.2) is 63.3 Å². The van der Waals surface area contributed by atoms with Crippen molar-refractivity contribution < 1.29 is 13.2 Å². The van der Waals surface area contributed by atoms with Crippen molar-refractivity contribution in [3.05, 3.63) is 75.0 Å². The number of sulfone groups is 1. The van der Waals surface area contributed by atoms with Gasteiger partial charge in [-0.25, -0.2) is 13.4 Å².